The molecule has 0 saturated carbocycles. The molecule has 2 amide bonds. The van der Waals surface area contributed by atoms with Crippen LogP contribution in [0.25, 0.3) is 11.1 Å². The van der Waals surface area contributed by atoms with Gasteiger partial charge in [-0.15, -0.1) is 0 Å². The van der Waals surface area contributed by atoms with E-state index in [2.05, 4.69) is 5.32 Å². The molecule has 166 valence electrons. The highest BCUT2D eigenvalue weighted by molar-refractivity contribution is 5.76. The van der Waals surface area contributed by atoms with Gasteiger partial charge < -0.3 is 19.7 Å². The van der Waals surface area contributed by atoms with Crippen molar-refractivity contribution < 1.29 is 19.1 Å². The first-order valence-electron chi connectivity index (χ1n) is 10.5. The van der Waals surface area contributed by atoms with Gasteiger partial charge in [0.25, 0.3) is 0 Å². The molecular weight excluding hydrogens is 392 g/mol. The number of rotatable bonds is 3. The summed E-state index contributed by atoms with van der Waals surface area (Å²) in [7, 11) is 0. The Bertz CT molecular complexity index is 936. The van der Waals surface area contributed by atoms with Crippen LogP contribution in [0.15, 0.2) is 54.6 Å². The largest absolute Gasteiger partial charge is 0.444 e. The summed E-state index contributed by atoms with van der Waals surface area (Å²) in [6, 6.07) is 17.9. The number of carbonyl (C=O) groups excluding carboxylic acids is 2. The van der Waals surface area contributed by atoms with Gasteiger partial charge in [0.1, 0.15) is 16.7 Å². The molecule has 6 nitrogen and oxygen atoms in total. The van der Waals surface area contributed by atoms with E-state index in [0.29, 0.717) is 13.1 Å². The predicted molar refractivity (Wildman–Crippen MR) is 121 cm³/mol. The minimum atomic E-state index is -0.772. The van der Waals surface area contributed by atoms with Crippen molar-refractivity contribution in [2.75, 3.05) is 13.1 Å². The van der Waals surface area contributed by atoms with Crippen molar-refractivity contribution in [3.63, 3.8) is 0 Å². The number of ether oxygens (including phenoxy) is 2. The maximum absolute atomic E-state index is 12.7. The number of nitrogens with zero attached hydrogens (tertiary/aromatic N) is 1. The predicted octanol–water partition coefficient (Wildman–Crippen LogP) is 5.32. The first kappa shape index (κ1) is 22.7. The Morgan fingerprint density at radius 3 is 1.97 bits per heavy atom. The lowest BCUT2D eigenvalue weighted by Gasteiger charge is -2.50. The van der Waals surface area contributed by atoms with Crippen molar-refractivity contribution in [2.24, 2.45) is 0 Å². The first-order valence-corrected chi connectivity index (χ1v) is 10.5. The number of hydrogen-bond acceptors (Lipinski definition) is 4. The molecule has 6 heteroatoms. The summed E-state index contributed by atoms with van der Waals surface area (Å²) in [6.45, 7) is 11.6. The summed E-state index contributed by atoms with van der Waals surface area (Å²) in [6.07, 6.45) is -0.912. The van der Waals surface area contributed by atoms with Gasteiger partial charge in [-0.3, -0.25) is 0 Å². The summed E-state index contributed by atoms with van der Waals surface area (Å²) in [5.41, 5.74) is 0.995. The van der Waals surface area contributed by atoms with Gasteiger partial charge in [-0.1, -0.05) is 54.6 Å². The van der Waals surface area contributed by atoms with Crippen LogP contribution < -0.4 is 5.32 Å². The minimum absolute atomic E-state index is 0.297. The summed E-state index contributed by atoms with van der Waals surface area (Å²) in [4.78, 5) is 26.9. The molecule has 31 heavy (non-hydrogen) atoms. The topological polar surface area (TPSA) is 67.9 Å². The van der Waals surface area contributed by atoms with E-state index in [9.17, 15) is 9.59 Å². The average Bonchev–Trinajstić information content (AvgIpc) is 2.62. The molecule has 3 rings (SSSR count). The number of nitrogens with one attached hydrogen (secondary N) is 1. The second-order valence-electron chi connectivity index (χ2n) is 9.96. The molecular formula is C25H32N2O4. The highest BCUT2D eigenvalue weighted by Gasteiger charge is 2.50. The highest BCUT2D eigenvalue weighted by Crippen LogP contribution is 2.39. The number of alkyl carbamates (subject to hydrolysis) is 1. The minimum Gasteiger partial charge on any atom is -0.444 e. The van der Waals surface area contributed by atoms with Crippen LogP contribution in [0.1, 0.15) is 47.1 Å². The van der Waals surface area contributed by atoms with E-state index in [1.54, 1.807) is 4.90 Å². The molecule has 1 heterocycles. The fourth-order valence-electron chi connectivity index (χ4n) is 3.65. The van der Waals surface area contributed by atoms with Gasteiger partial charge in [0.15, 0.2) is 0 Å². The summed E-state index contributed by atoms with van der Waals surface area (Å²) < 4.78 is 11.0. The van der Waals surface area contributed by atoms with E-state index in [1.165, 1.54) is 0 Å². The van der Waals surface area contributed by atoms with Gasteiger partial charge in [-0.05, 0) is 58.2 Å². The van der Waals surface area contributed by atoms with Gasteiger partial charge in [0.05, 0.1) is 13.1 Å². The molecule has 1 aliphatic rings. The van der Waals surface area contributed by atoms with Crippen LogP contribution in [0.5, 0.6) is 0 Å². The van der Waals surface area contributed by atoms with Crippen LogP contribution >= 0.6 is 0 Å². The lowest BCUT2D eigenvalue weighted by Crippen LogP contribution is -2.69. The SMILES string of the molecule is CC(C)(C)OC(=O)NC1(c2ccccc2-c2ccccc2)CN(C(=O)OC(C)(C)C)C1. The summed E-state index contributed by atoms with van der Waals surface area (Å²) in [5.74, 6) is 0. The van der Waals surface area contributed by atoms with Crippen molar-refractivity contribution in [3.05, 3.63) is 60.2 Å². The van der Waals surface area contributed by atoms with Crippen LogP contribution in [0.3, 0.4) is 0 Å². The number of likely N-dealkylation sites (tertiary alicyclic amines) is 1. The molecule has 1 saturated heterocycles. The van der Waals surface area contributed by atoms with Crippen LogP contribution in [0.2, 0.25) is 0 Å². The Kier molecular flexibility index (Phi) is 6.03. The third-order valence-corrected chi connectivity index (χ3v) is 4.84. The second-order valence-corrected chi connectivity index (χ2v) is 9.96. The maximum atomic E-state index is 12.7. The zero-order chi connectivity index (χ0) is 22.9. The molecule has 0 unspecified atom stereocenters. The molecule has 0 radical (unpaired) electrons. The molecule has 2 aromatic carbocycles. The van der Waals surface area contributed by atoms with E-state index in [-0.39, 0.29) is 0 Å². The first-order chi connectivity index (χ1) is 14.4. The molecule has 1 fully saturated rings. The summed E-state index contributed by atoms with van der Waals surface area (Å²) >= 11 is 0. The fourth-order valence-corrected chi connectivity index (χ4v) is 3.65. The summed E-state index contributed by atoms with van der Waals surface area (Å²) in [5, 5.41) is 3.05. The highest BCUT2D eigenvalue weighted by atomic mass is 16.6. The van der Waals surface area contributed by atoms with Gasteiger partial charge in [0.2, 0.25) is 0 Å². The van der Waals surface area contributed by atoms with Crippen molar-refractivity contribution >= 4 is 12.2 Å². The quantitative estimate of drug-likeness (QED) is 0.724. The lowest BCUT2D eigenvalue weighted by atomic mass is 9.78. The van der Waals surface area contributed by atoms with Gasteiger partial charge >= 0.3 is 12.2 Å². The van der Waals surface area contributed by atoms with Gasteiger partial charge in [-0.25, -0.2) is 9.59 Å². The van der Waals surface area contributed by atoms with Crippen LogP contribution in [0.4, 0.5) is 9.59 Å². The lowest BCUT2D eigenvalue weighted by molar-refractivity contribution is -0.0228. The normalized spacial score (nSPS) is 15.6. The van der Waals surface area contributed by atoms with E-state index in [0.717, 1.165) is 16.7 Å². The van der Waals surface area contributed by atoms with E-state index in [1.807, 2.05) is 96.1 Å². The maximum Gasteiger partial charge on any atom is 0.410 e. The number of hydrogen-bond donors (Lipinski definition) is 1. The van der Waals surface area contributed by atoms with E-state index >= 15 is 0 Å². The van der Waals surface area contributed by atoms with Gasteiger partial charge in [0, 0.05) is 0 Å². The van der Waals surface area contributed by atoms with Crippen molar-refractivity contribution in [1.82, 2.24) is 10.2 Å². The molecule has 2 aromatic rings. The molecule has 0 spiro atoms. The Balaban J connectivity index is 1.94. The Hall–Kier alpha value is -3.02. The van der Waals surface area contributed by atoms with E-state index in [4.69, 9.17) is 9.47 Å². The van der Waals surface area contributed by atoms with Crippen molar-refractivity contribution in [3.8, 4) is 11.1 Å². The zero-order valence-corrected chi connectivity index (χ0v) is 19.2. The molecule has 0 aromatic heterocycles. The number of benzene rings is 2. The van der Waals surface area contributed by atoms with Crippen LogP contribution in [0, 0.1) is 0 Å². The molecule has 1 aliphatic heterocycles. The Morgan fingerprint density at radius 2 is 1.39 bits per heavy atom. The Morgan fingerprint density at radius 1 is 0.839 bits per heavy atom. The van der Waals surface area contributed by atoms with Crippen molar-refractivity contribution in [2.45, 2.75) is 58.3 Å². The Labute approximate surface area is 184 Å². The monoisotopic (exact) mass is 424 g/mol. The van der Waals surface area contributed by atoms with Crippen LogP contribution in [-0.2, 0) is 15.0 Å². The number of carbonyl (C=O) groups is 2. The molecule has 0 atom stereocenters. The number of amides is 2. The van der Waals surface area contributed by atoms with Crippen LogP contribution in [-0.4, -0.2) is 41.4 Å². The standard InChI is InChI=1S/C25H32N2O4/c1-23(2,3)30-21(28)26-25(16-27(17-25)22(29)31-24(4,5)6)20-15-11-10-14-19(20)18-12-8-7-9-13-18/h7-15H,16-17H2,1-6H3,(H,26,28). The van der Waals surface area contributed by atoms with E-state index < -0.39 is 28.9 Å². The van der Waals surface area contributed by atoms with Crippen molar-refractivity contribution in [1.29, 1.82) is 0 Å². The third-order valence-electron chi connectivity index (χ3n) is 4.84. The molecule has 0 bridgehead atoms. The smallest absolute Gasteiger partial charge is 0.410 e. The third kappa shape index (κ3) is 5.57. The zero-order valence-electron chi connectivity index (χ0n) is 19.2. The second kappa shape index (κ2) is 8.25. The molecule has 0 aliphatic carbocycles. The van der Waals surface area contributed by atoms with Gasteiger partial charge in [-0.2, -0.15) is 0 Å². The molecule has 1 N–H and O–H groups in total. The fraction of sp³-hybridized carbons (Fsp3) is 0.440. The average molecular weight is 425 g/mol.